The third kappa shape index (κ3) is 2.84. The van der Waals surface area contributed by atoms with Crippen molar-refractivity contribution in [2.24, 2.45) is 5.73 Å². The highest BCUT2D eigenvalue weighted by molar-refractivity contribution is 5.78. The minimum atomic E-state index is -0.322. The van der Waals surface area contributed by atoms with E-state index in [0.717, 1.165) is 18.5 Å². The minimum absolute atomic E-state index is 0.203. The van der Waals surface area contributed by atoms with Crippen LogP contribution in [0.4, 0.5) is 0 Å². The molecule has 0 aliphatic carbocycles. The molecule has 1 aromatic rings. The van der Waals surface area contributed by atoms with Gasteiger partial charge in [-0.3, -0.25) is 0 Å². The smallest absolute Gasteiger partial charge is 0.327 e. The number of rotatable bonds is 4. The number of nitrogens with one attached hydrogen (secondary N) is 1. The molecule has 0 bridgehead atoms. The Labute approximate surface area is 101 Å². The van der Waals surface area contributed by atoms with Crippen LogP contribution in [-0.4, -0.2) is 25.7 Å². The highest BCUT2D eigenvalue weighted by atomic mass is 16.5. The van der Waals surface area contributed by atoms with Gasteiger partial charge in [-0.25, -0.2) is 4.79 Å². The first-order valence-electron chi connectivity index (χ1n) is 6.01. The highest BCUT2D eigenvalue weighted by Gasteiger charge is 2.26. The first-order chi connectivity index (χ1) is 8.33. The van der Waals surface area contributed by atoms with Gasteiger partial charge < -0.3 is 15.8 Å². The quantitative estimate of drug-likeness (QED) is 0.596. The number of esters is 1. The number of fused-ring (bicyclic) bond motifs is 1. The van der Waals surface area contributed by atoms with Crippen molar-refractivity contribution in [3.8, 4) is 0 Å². The van der Waals surface area contributed by atoms with E-state index in [4.69, 9.17) is 10.5 Å². The molecular formula is C13H18N2O2. The van der Waals surface area contributed by atoms with E-state index in [1.165, 1.54) is 5.56 Å². The second-order valence-corrected chi connectivity index (χ2v) is 4.15. The Balaban J connectivity index is 2.05. The molecule has 1 heterocycles. The van der Waals surface area contributed by atoms with Crippen LogP contribution < -0.4 is 11.1 Å². The first kappa shape index (κ1) is 12.1. The maximum atomic E-state index is 11.9. The van der Waals surface area contributed by atoms with Crippen molar-refractivity contribution in [2.45, 2.75) is 18.9 Å². The summed E-state index contributed by atoms with van der Waals surface area (Å²) < 4.78 is 5.20. The van der Waals surface area contributed by atoms with Crippen LogP contribution in [0.25, 0.3) is 0 Å². The Morgan fingerprint density at radius 3 is 3.12 bits per heavy atom. The zero-order valence-corrected chi connectivity index (χ0v) is 9.82. The predicted molar refractivity (Wildman–Crippen MR) is 65.5 cm³/mol. The lowest BCUT2D eigenvalue weighted by atomic mass is 9.94. The molecule has 1 atom stereocenters. The van der Waals surface area contributed by atoms with Crippen LogP contribution in [0.5, 0.6) is 0 Å². The second-order valence-electron chi connectivity index (χ2n) is 4.15. The maximum absolute atomic E-state index is 11.9. The maximum Gasteiger partial charge on any atom is 0.327 e. The van der Waals surface area contributed by atoms with Gasteiger partial charge in [0.05, 0.1) is 6.61 Å². The van der Waals surface area contributed by atoms with Gasteiger partial charge in [-0.2, -0.15) is 0 Å². The molecule has 4 nitrogen and oxygen atoms in total. The number of nitrogens with two attached hydrogens (primary N) is 1. The SMILES string of the molecule is NCCCOC(=O)C1NCCc2ccccc21. The zero-order valence-electron chi connectivity index (χ0n) is 9.82. The van der Waals surface area contributed by atoms with Gasteiger partial charge in [-0.1, -0.05) is 24.3 Å². The van der Waals surface area contributed by atoms with Crippen LogP contribution in [0.3, 0.4) is 0 Å². The fraction of sp³-hybridized carbons (Fsp3) is 0.462. The third-order valence-electron chi connectivity index (χ3n) is 2.94. The molecule has 4 heteroatoms. The zero-order chi connectivity index (χ0) is 12.1. The normalized spacial score (nSPS) is 18.5. The predicted octanol–water partition coefficient (Wildman–Crippen LogP) is 0.765. The molecule has 3 N–H and O–H groups in total. The van der Waals surface area contributed by atoms with Crippen molar-refractivity contribution in [3.63, 3.8) is 0 Å². The molecule has 0 radical (unpaired) electrons. The fourth-order valence-electron chi connectivity index (χ4n) is 2.05. The molecule has 1 aromatic carbocycles. The summed E-state index contributed by atoms with van der Waals surface area (Å²) in [4.78, 5) is 11.9. The van der Waals surface area contributed by atoms with E-state index in [1.54, 1.807) is 0 Å². The summed E-state index contributed by atoms with van der Waals surface area (Å²) in [7, 11) is 0. The summed E-state index contributed by atoms with van der Waals surface area (Å²) in [5, 5.41) is 3.20. The fourth-order valence-corrected chi connectivity index (χ4v) is 2.05. The van der Waals surface area contributed by atoms with Gasteiger partial charge in [0.1, 0.15) is 6.04 Å². The average molecular weight is 234 g/mol. The molecule has 1 aliphatic heterocycles. The van der Waals surface area contributed by atoms with E-state index in [-0.39, 0.29) is 12.0 Å². The number of hydrogen-bond donors (Lipinski definition) is 2. The molecule has 0 saturated carbocycles. The average Bonchev–Trinajstić information content (AvgIpc) is 2.38. The molecule has 0 amide bonds. The van der Waals surface area contributed by atoms with Gasteiger partial charge in [0.25, 0.3) is 0 Å². The van der Waals surface area contributed by atoms with Crippen LogP contribution in [0, 0.1) is 0 Å². The first-order valence-corrected chi connectivity index (χ1v) is 6.01. The van der Waals surface area contributed by atoms with E-state index in [9.17, 15) is 4.79 Å². The Kier molecular flexibility index (Phi) is 4.12. The van der Waals surface area contributed by atoms with Gasteiger partial charge in [-0.15, -0.1) is 0 Å². The molecule has 0 aromatic heterocycles. The minimum Gasteiger partial charge on any atom is -0.464 e. The van der Waals surface area contributed by atoms with E-state index in [0.29, 0.717) is 19.6 Å². The number of ether oxygens (including phenoxy) is 1. The number of benzene rings is 1. The molecular weight excluding hydrogens is 216 g/mol. The van der Waals surface area contributed by atoms with Crippen molar-refractivity contribution in [3.05, 3.63) is 35.4 Å². The van der Waals surface area contributed by atoms with Crippen molar-refractivity contribution < 1.29 is 9.53 Å². The highest BCUT2D eigenvalue weighted by Crippen LogP contribution is 2.23. The summed E-state index contributed by atoms with van der Waals surface area (Å²) in [6.45, 7) is 1.76. The lowest BCUT2D eigenvalue weighted by Crippen LogP contribution is -2.36. The lowest BCUT2D eigenvalue weighted by Gasteiger charge is -2.25. The number of carbonyl (C=O) groups excluding carboxylic acids is 1. The van der Waals surface area contributed by atoms with Crippen molar-refractivity contribution in [1.82, 2.24) is 5.32 Å². The summed E-state index contributed by atoms with van der Waals surface area (Å²) in [6, 6.07) is 7.68. The van der Waals surface area contributed by atoms with E-state index in [1.807, 2.05) is 18.2 Å². The molecule has 1 unspecified atom stereocenters. The van der Waals surface area contributed by atoms with E-state index < -0.39 is 0 Å². The van der Waals surface area contributed by atoms with Crippen molar-refractivity contribution in [1.29, 1.82) is 0 Å². The molecule has 2 rings (SSSR count). The lowest BCUT2D eigenvalue weighted by molar-refractivity contribution is -0.146. The largest absolute Gasteiger partial charge is 0.464 e. The van der Waals surface area contributed by atoms with Gasteiger partial charge in [-0.05, 0) is 30.5 Å². The second kappa shape index (κ2) is 5.80. The van der Waals surface area contributed by atoms with Crippen LogP contribution in [0.2, 0.25) is 0 Å². The third-order valence-corrected chi connectivity index (χ3v) is 2.94. The Morgan fingerprint density at radius 2 is 2.29 bits per heavy atom. The van der Waals surface area contributed by atoms with Gasteiger partial charge in [0.15, 0.2) is 0 Å². The Hall–Kier alpha value is -1.39. The van der Waals surface area contributed by atoms with Crippen LogP contribution in [0.1, 0.15) is 23.6 Å². The summed E-state index contributed by atoms with van der Waals surface area (Å²) in [5.74, 6) is -0.203. The summed E-state index contributed by atoms with van der Waals surface area (Å²) >= 11 is 0. The Morgan fingerprint density at radius 1 is 1.47 bits per heavy atom. The van der Waals surface area contributed by atoms with Crippen LogP contribution >= 0.6 is 0 Å². The van der Waals surface area contributed by atoms with Gasteiger partial charge in [0.2, 0.25) is 0 Å². The number of hydrogen-bond acceptors (Lipinski definition) is 4. The van der Waals surface area contributed by atoms with Crippen LogP contribution in [0.15, 0.2) is 24.3 Å². The van der Waals surface area contributed by atoms with E-state index >= 15 is 0 Å². The summed E-state index contributed by atoms with van der Waals surface area (Å²) in [6.07, 6.45) is 1.67. The molecule has 17 heavy (non-hydrogen) atoms. The van der Waals surface area contributed by atoms with Gasteiger partial charge in [0, 0.05) is 6.54 Å². The molecule has 0 fully saturated rings. The van der Waals surface area contributed by atoms with Crippen molar-refractivity contribution in [2.75, 3.05) is 19.7 Å². The molecule has 1 aliphatic rings. The van der Waals surface area contributed by atoms with E-state index in [2.05, 4.69) is 11.4 Å². The molecule has 92 valence electrons. The summed E-state index contributed by atoms with van der Waals surface area (Å²) in [5.41, 5.74) is 7.63. The topological polar surface area (TPSA) is 64.3 Å². The molecule has 0 saturated heterocycles. The van der Waals surface area contributed by atoms with Crippen LogP contribution in [-0.2, 0) is 16.0 Å². The number of carbonyl (C=O) groups is 1. The molecule has 0 spiro atoms. The Bertz CT molecular complexity index is 393. The standard InChI is InChI=1S/C13H18N2O2/c14-7-3-9-17-13(16)12-11-5-2-1-4-10(11)6-8-15-12/h1-2,4-5,12,15H,3,6-9,14H2. The monoisotopic (exact) mass is 234 g/mol. The van der Waals surface area contributed by atoms with Gasteiger partial charge >= 0.3 is 5.97 Å². The van der Waals surface area contributed by atoms with Crippen molar-refractivity contribution >= 4 is 5.97 Å².